The van der Waals surface area contributed by atoms with Crippen LogP contribution in [0.25, 0.3) is 0 Å². The molecule has 1 aromatic carbocycles. The van der Waals surface area contributed by atoms with Crippen LogP contribution in [0.5, 0.6) is 0 Å². The average molecular weight is 274 g/mol. The molecular formula is C14H18N4O2. The molecule has 0 radical (unpaired) electrons. The molecule has 0 aliphatic heterocycles. The molecule has 106 valence electrons. The van der Waals surface area contributed by atoms with Crippen molar-refractivity contribution in [2.24, 2.45) is 7.05 Å². The van der Waals surface area contributed by atoms with Gasteiger partial charge in [0, 0.05) is 24.9 Å². The summed E-state index contributed by atoms with van der Waals surface area (Å²) in [6, 6.07) is 5.13. The van der Waals surface area contributed by atoms with E-state index in [0.29, 0.717) is 5.69 Å². The summed E-state index contributed by atoms with van der Waals surface area (Å²) >= 11 is 0. The van der Waals surface area contributed by atoms with Crippen molar-refractivity contribution >= 4 is 11.4 Å². The molecule has 0 aliphatic carbocycles. The molecule has 0 saturated carbocycles. The summed E-state index contributed by atoms with van der Waals surface area (Å²) < 4.78 is 1.74. The van der Waals surface area contributed by atoms with E-state index in [2.05, 4.69) is 10.4 Å². The third kappa shape index (κ3) is 2.79. The molecule has 6 heteroatoms. The number of aromatic nitrogens is 2. The van der Waals surface area contributed by atoms with Gasteiger partial charge in [-0.05, 0) is 32.4 Å². The first-order valence-electron chi connectivity index (χ1n) is 6.40. The summed E-state index contributed by atoms with van der Waals surface area (Å²) in [5.41, 5.74) is 3.44. The Morgan fingerprint density at radius 2 is 2.10 bits per heavy atom. The van der Waals surface area contributed by atoms with Crippen molar-refractivity contribution in [1.82, 2.24) is 9.78 Å². The zero-order valence-corrected chi connectivity index (χ0v) is 12.0. The summed E-state index contributed by atoms with van der Waals surface area (Å²) in [6.07, 6.45) is 1.92. The number of nitrogens with zero attached hydrogens (tertiary/aromatic N) is 3. The predicted octanol–water partition coefficient (Wildman–Crippen LogP) is 3.12. The molecule has 1 unspecified atom stereocenters. The van der Waals surface area contributed by atoms with Crippen LogP contribution in [-0.4, -0.2) is 14.7 Å². The lowest BCUT2D eigenvalue weighted by molar-refractivity contribution is -0.384. The minimum absolute atomic E-state index is 0.0508. The molecule has 0 saturated heterocycles. The lowest BCUT2D eigenvalue weighted by Crippen LogP contribution is -2.09. The fraction of sp³-hybridized carbons (Fsp3) is 0.357. The largest absolute Gasteiger partial charge is 0.373 e. The summed E-state index contributed by atoms with van der Waals surface area (Å²) in [6.45, 7) is 5.73. The van der Waals surface area contributed by atoms with Crippen molar-refractivity contribution < 1.29 is 4.92 Å². The third-order valence-corrected chi connectivity index (χ3v) is 3.24. The van der Waals surface area contributed by atoms with Gasteiger partial charge in [0.05, 0.1) is 16.7 Å². The zero-order chi connectivity index (χ0) is 14.9. The van der Waals surface area contributed by atoms with Crippen LogP contribution in [0.4, 0.5) is 11.4 Å². The van der Waals surface area contributed by atoms with Gasteiger partial charge in [0.25, 0.3) is 5.69 Å². The molecule has 1 heterocycles. The van der Waals surface area contributed by atoms with Crippen LogP contribution in [0.2, 0.25) is 0 Å². The van der Waals surface area contributed by atoms with Crippen LogP contribution in [0.3, 0.4) is 0 Å². The Morgan fingerprint density at radius 3 is 2.65 bits per heavy atom. The van der Waals surface area contributed by atoms with E-state index in [0.717, 1.165) is 16.8 Å². The second kappa shape index (κ2) is 5.32. The number of anilines is 1. The Morgan fingerprint density at radius 1 is 1.40 bits per heavy atom. The molecular weight excluding hydrogens is 256 g/mol. The number of hydrogen-bond donors (Lipinski definition) is 1. The van der Waals surface area contributed by atoms with Crippen LogP contribution in [-0.2, 0) is 7.05 Å². The number of nitro benzene ring substituents is 1. The molecule has 0 amide bonds. The highest BCUT2D eigenvalue weighted by atomic mass is 16.6. The van der Waals surface area contributed by atoms with E-state index in [-0.39, 0.29) is 16.7 Å². The molecule has 0 aliphatic rings. The lowest BCUT2D eigenvalue weighted by atomic mass is 10.1. The van der Waals surface area contributed by atoms with E-state index < -0.39 is 0 Å². The van der Waals surface area contributed by atoms with Crippen molar-refractivity contribution in [3.8, 4) is 0 Å². The van der Waals surface area contributed by atoms with E-state index in [4.69, 9.17) is 0 Å². The highest BCUT2D eigenvalue weighted by Gasteiger charge is 2.18. The van der Waals surface area contributed by atoms with Gasteiger partial charge in [-0.3, -0.25) is 14.8 Å². The minimum atomic E-state index is -0.363. The standard InChI is InChI=1S/C14H18N4O2/c1-9-5-6-13(14(7-9)18(19)20)15-10(2)12-8-17(4)16-11(12)3/h5-8,10,15H,1-4H3. The molecule has 0 spiro atoms. The monoisotopic (exact) mass is 274 g/mol. The number of nitro groups is 1. The Labute approximate surface area is 117 Å². The van der Waals surface area contributed by atoms with Crippen LogP contribution in [0.1, 0.15) is 29.8 Å². The number of benzene rings is 1. The van der Waals surface area contributed by atoms with Crippen molar-refractivity contribution in [3.05, 3.63) is 51.3 Å². The molecule has 1 aromatic heterocycles. The van der Waals surface area contributed by atoms with Gasteiger partial charge in [0.1, 0.15) is 5.69 Å². The van der Waals surface area contributed by atoms with Crippen molar-refractivity contribution in [2.75, 3.05) is 5.32 Å². The SMILES string of the molecule is Cc1ccc(NC(C)c2cn(C)nc2C)c([N+](=O)[O-])c1. The highest BCUT2D eigenvalue weighted by Crippen LogP contribution is 2.29. The smallest absolute Gasteiger partial charge is 0.292 e. The predicted molar refractivity (Wildman–Crippen MR) is 77.8 cm³/mol. The van der Waals surface area contributed by atoms with Gasteiger partial charge >= 0.3 is 0 Å². The van der Waals surface area contributed by atoms with E-state index in [1.54, 1.807) is 16.8 Å². The van der Waals surface area contributed by atoms with Gasteiger partial charge in [-0.1, -0.05) is 6.07 Å². The first-order chi connectivity index (χ1) is 9.38. The number of rotatable bonds is 4. The van der Waals surface area contributed by atoms with Gasteiger partial charge in [0.15, 0.2) is 0 Å². The maximum atomic E-state index is 11.1. The Kier molecular flexibility index (Phi) is 3.74. The molecule has 0 bridgehead atoms. The van der Waals surface area contributed by atoms with Gasteiger partial charge in [-0.15, -0.1) is 0 Å². The summed E-state index contributed by atoms with van der Waals surface area (Å²) in [7, 11) is 1.86. The minimum Gasteiger partial charge on any atom is -0.373 e. The van der Waals surface area contributed by atoms with Crippen LogP contribution in [0.15, 0.2) is 24.4 Å². The average Bonchev–Trinajstić information content (AvgIpc) is 2.70. The Balaban J connectivity index is 2.30. The van der Waals surface area contributed by atoms with Crippen molar-refractivity contribution in [1.29, 1.82) is 0 Å². The first kappa shape index (κ1) is 14.0. The van der Waals surface area contributed by atoms with E-state index >= 15 is 0 Å². The second-order valence-electron chi connectivity index (χ2n) is 4.99. The topological polar surface area (TPSA) is 73.0 Å². The summed E-state index contributed by atoms with van der Waals surface area (Å²) in [4.78, 5) is 10.7. The van der Waals surface area contributed by atoms with Gasteiger partial charge in [-0.2, -0.15) is 5.10 Å². The van der Waals surface area contributed by atoms with E-state index in [1.165, 1.54) is 0 Å². The normalized spacial score (nSPS) is 12.2. The second-order valence-corrected chi connectivity index (χ2v) is 4.99. The van der Waals surface area contributed by atoms with Gasteiger partial charge in [0.2, 0.25) is 0 Å². The molecule has 1 atom stereocenters. The van der Waals surface area contributed by atoms with E-state index in [1.807, 2.05) is 40.1 Å². The zero-order valence-electron chi connectivity index (χ0n) is 12.0. The fourth-order valence-electron chi connectivity index (χ4n) is 2.27. The summed E-state index contributed by atoms with van der Waals surface area (Å²) in [5.74, 6) is 0. The van der Waals surface area contributed by atoms with E-state index in [9.17, 15) is 10.1 Å². The summed E-state index contributed by atoms with van der Waals surface area (Å²) in [5, 5.41) is 18.6. The Hall–Kier alpha value is -2.37. The molecule has 1 N–H and O–H groups in total. The maximum absolute atomic E-state index is 11.1. The molecule has 6 nitrogen and oxygen atoms in total. The first-order valence-corrected chi connectivity index (χ1v) is 6.40. The molecule has 0 fully saturated rings. The lowest BCUT2D eigenvalue weighted by Gasteiger charge is -2.15. The Bertz CT molecular complexity index is 649. The number of nitrogens with one attached hydrogen (secondary N) is 1. The third-order valence-electron chi connectivity index (χ3n) is 3.24. The fourth-order valence-corrected chi connectivity index (χ4v) is 2.27. The molecule has 20 heavy (non-hydrogen) atoms. The van der Waals surface area contributed by atoms with Crippen LogP contribution < -0.4 is 5.32 Å². The van der Waals surface area contributed by atoms with Crippen LogP contribution >= 0.6 is 0 Å². The van der Waals surface area contributed by atoms with Gasteiger partial charge < -0.3 is 5.32 Å². The number of aryl methyl sites for hydroxylation is 3. The van der Waals surface area contributed by atoms with Gasteiger partial charge in [-0.25, -0.2) is 0 Å². The quantitative estimate of drug-likeness (QED) is 0.686. The number of hydrogen-bond acceptors (Lipinski definition) is 4. The highest BCUT2D eigenvalue weighted by molar-refractivity contribution is 5.63. The van der Waals surface area contributed by atoms with Crippen molar-refractivity contribution in [3.63, 3.8) is 0 Å². The maximum Gasteiger partial charge on any atom is 0.292 e. The van der Waals surface area contributed by atoms with Crippen molar-refractivity contribution in [2.45, 2.75) is 26.8 Å². The molecule has 2 rings (SSSR count). The molecule has 2 aromatic rings. The van der Waals surface area contributed by atoms with Crippen LogP contribution in [0, 0.1) is 24.0 Å².